The average Bonchev–Trinajstić information content (AvgIpc) is 2.47. The van der Waals surface area contributed by atoms with E-state index in [1.165, 1.54) is 17.8 Å². The molecule has 0 spiro atoms. The van der Waals surface area contributed by atoms with E-state index in [0.717, 1.165) is 27.4 Å². The molecule has 1 aromatic carbocycles. The molecule has 1 aromatic heterocycles. The monoisotopic (exact) mass is 368 g/mol. The van der Waals surface area contributed by atoms with Gasteiger partial charge in [-0.2, -0.15) is 0 Å². The summed E-state index contributed by atoms with van der Waals surface area (Å²) < 4.78 is 15.1. The van der Waals surface area contributed by atoms with E-state index >= 15 is 0 Å². The molecule has 1 unspecified atom stereocenters. The summed E-state index contributed by atoms with van der Waals surface area (Å²) in [6.07, 6.45) is 2.77. The highest BCUT2D eigenvalue weighted by atomic mass is 79.9. The summed E-state index contributed by atoms with van der Waals surface area (Å²) in [6, 6.07) is 9.03. The number of pyridine rings is 1. The Kier molecular flexibility index (Phi) is 6.21. The highest BCUT2D eigenvalue weighted by molar-refractivity contribution is 9.10. The van der Waals surface area contributed by atoms with E-state index in [1.54, 1.807) is 12.3 Å². The number of hydrogen-bond acceptors (Lipinski definition) is 3. The number of nitrogens with zero attached hydrogens (tertiary/aromatic N) is 1. The van der Waals surface area contributed by atoms with Crippen LogP contribution in [0.15, 0.2) is 50.9 Å². The Hall–Kier alpha value is -0.910. The number of benzene rings is 1. The van der Waals surface area contributed by atoms with E-state index in [1.807, 2.05) is 25.1 Å². The minimum atomic E-state index is -0.173. The van der Waals surface area contributed by atoms with Gasteiger partial charge in [0.2, 0.25) is 0 Å². The van der Waals surface area contributed by atoms with Crippen LogP contribution in [0.4, 0.5) is 4.39 Å². The van der Waals surface area contributed by atoms with E-state index in [0.29, 0.717) is 5.56 Å². The first kappa shape index (κ1) is 16.5. The van der Waals surface area contributed by atoms with Crippen LogP contribution in [-0.4, -0.2) is 11.5 Å². The number of aromatic nitrogens is 1. The van der Waals surface area contributed by atoms with Gasteiger partial charge in [0.05, 0.1) is 0 Å². The van der Waals surface area contributed by atoms with Gasteiger partial charge in [0.15, 0.2) is 0 Å². The second-order valence-electron chi connectivity index (χ2n) is 4.74. The average molecular weight is 369 g/mol. The van der Waals surface area contributed by atoms with Crippen molar-refractivity contribution in [2.75, 3.05) is 6.54 Å². The fraction of sp³-hybridized carbons (Fsp3) is 0.312. The number of halogens is 2. The minimum Gasteiger partial charge on any atom is -0.310 e. The zero-order valence-corrected chi connectivity index (χ0v) is 14.5. The maximum atomic E-state index is 14.2. The van der Waals surface area contributed by atoms with Gasteiger partial charge in [-0.15, -0.1) is 0 Å². The third kappa shape index (κ3) is 4.53. The zero-order valence-electron chi connectivity index (χ0n) is 12.1. The molecule has 0 saturated heterocycles. The van der Waals surface area contributed by atoms with Crippen LogP contribution in [0, 0.1) is 5.82 Å². The highest BCUT2D eigenvalue weighted by Crippen LogP contribution is 2.34. The molecular weight excluding hydrogens is 351 g/mol. The molecule has 1 atom stereocenters. The molecule has 2 nitrogen and oxygen atoms in total. The maximum absolute atomic E-state index is 14.2. The lowest BCUT2D eigenvalue weighted by atomic mass is 10.1. The maximum Gasteiger partial charge on any atom is 0.129 e. The van der Waals surface area contributed by atoms with E-state index in [9.17, 15) is 4.39 Å². The quantitative estimate of drug-likeness (QED) is 0.758. The molecule has 2 rings (SSSR count). The summed E-state index contributed by atoms with van der Waals surface area (Å²) in [6.45, 7) is 4.96. The van der Waals surface area contributed by atoms with Crippen molar-refractivity contribution in [3.8, 4) is 0 Å². The van der Waals surface area contributed by atoms with Crippen LogP contribution in [0.3, 0.4) is 0 Å². The summed E-state index contributed by atoms with van der Waals surface area (Å²) >= 11 is 4.85. The topological polar surface area (TPSA) is 24.9 Å². The summed E-state index contributed by atoms with van der Waals surface area (Å²) in [5.41, 5.74) is 0.709. The lowest BCUT2D eigenvalue weighted by Crippen LogP contribution is -2.21. The Morgan fingerprint density at radius 2 is 2.14 bits per heavy atom. The normalized spacial score (nSPS) is 12.4. The van der Waals surface area contributed by atoms with Gasteiger partial charge in [0.25, 0.3) is 0 Å². The van der Waals surface area contributed by atoms with Crippen molar-refractivity contribution >= 4 is 27.7 Å². The van der Waals surface area contributed by atoms with Crippen LogP contribution in [-0.2, 0) is 0 Å². The molecule has 0 fully saturated rings. The Labute approximate surface area is 137 Å². The molecule has 5 heteroatoms. The minimum absolute atomic E-state index is 0.0240. The van der Waals surface area contributed by atoms with Crippen LogP contribution in [0.1, 0.15) is 31.9 Å². The molecule has 21 heavy (non-hydrogen) atoms. The molecule has 112 valence electrons. The lowest BCUT2D eigenvalue weighted by Gasteiger charge is -2.18. The molecule has 0 radical (unpaired) electrons. The second kappa shape index (κ2) is 7.92. The van der Waals surface area contributed by atoms with Crippen LogP contribution >= 0.6 is 27.7 Å². The number of hydrogen-bond donors (Lipinski definition) is 1. The summed E-state index contributed by atoms with van der Waals surface area (Å²) in [5, 5.41) is 4.20. The third-order valence-corrected chi connectivity index (χ3v) is 4.56. The molecule has 1 N–H and O–H groups in total. The molecule has 0 aliphatic carbocycles. The van der Waals surface area contributed by atoms with Crippen LogP contribution in [0.5, 0.6) is 0 Å². The van der Waals surface area contributed by atoms with Gasteiger partial charge in [-0.1, -0.05) is 24.8 Å². The molecule has 0 aliphatic rings. The SMILES string of the molecule is CCCNC(C)c1c(F)cccc1Sc1ccc(Br)cn1. The highest BCUT2D eigenvalue weighted by Gasteiger charge is 2.16. The first-order valence-corrected chi connectivity index (χ1v) is 8.54. The van der Waals surface area contributed by atoms with Gasteiger partial charge in [0, 0.05) is 27.2 Å². The zero-order chi connectivity index (χ0) is 15.2. The van der Waals surface area contributed by atoms with Crippen molar-refractivity contribution in [2.45, 2.75) is 36.2 Å². The molecule has 0 amide bonds. The van der Waals surface area contributed by atoms with Gasteiger partial charge >= 0.3 is 0 Å². The molecule has 0 aliphatic heterocycles. The molecule has 1 heterocycles. The van der Waals surface area contributed by atoms with Crippen molar-refractivity contribution in [3.05, 3.63) is 52.4 Å². The van der Waals surface area contributed by atoms with Gasteiger partial charge in [-0.3, -0.25) is 0 Å². The largest absolute Gasteiger partial charge is 0.310 e. The molecule has 0 bridgehead atoms. The van der Waals surface area contributed by atoms with E-state index in [-0.39, 0.29) is 11.9 Å². The molecular formula is C16H18BrFN2S. The van der Waals surface area contributed by atoms with E-state index in [2.05, 4.69) is 33.2 Å². The van der Waals surface area contributed by atoms with Crippen molar-refractivity contribution in [1.82, 2.24) is 10.3 Å². The fourth-order valence-corrected chi connectivity index (χ4v) is 3.26. The summed E-state index contributed by atoms with van der Waals surface area (Å²) in [5.74, 6) is -0.173. The molecule has 2 aromatic rings. The van der Waals surface area contributed by atoms with Crippen LogP contribution in [0.25, 0.3) is 0 Å². The standard InChI is InChI=1S/C16H18BrFN2S/c1-3-9-19-11(2)16-13(18)5-4-6-14(16)21-15-8-7-12(17)10-20-15/h4-8,10-11,19H,3,9H2,1-2H3. The van der Waals surface area contributed by atoms with E-state index < -0.39 is 0 Å². The Morgan fingerprint density at radius 1 is 1.33 bits per heavy atom. The Bertz CT molecular complexity index is 589. The number of rotatable bonds is 6. The van der Waals surface area contributed by atoms with Crippen molar-refractivity contribution in [1.29, 1.82) is 0 Å². The van der Waals surface area contributed by atoms with Crippen molar-refractivity contribution < 1.29 is 4.39 Å². The smallest absolute Gasteiger partial charge is 0.129 e. The van der Waals surface area contributed by atoms with Crippen LogP contribution < -0.4 is 5.32 Å². The van der Waals surface area contributed by atoms with Gasteiger partial charge in [-0.25, -0.2) is 9.37 Å². The summed E-state index contributed by atoms with van der Waals surface area (Å²) in [7, 11) is 0. The first-order chi connectivity index (χ1) is 10.1. The van der Waals surface area contributed by atoms with Gasteiger partial charge < -0.3 is 5.32 Å². The number of nitrogens with one attached hydrogen (secondary N) is 1. The first-order valence-electron chi connectivity index (χ1n) is 6.93. The van der Waals surface area contributed by atoms with Crippen molar-refractivity contribution in [3.63, 3.8) is 0 Å². The Morgan fingerprint density at radius 3 is 2.81 bits per heavy atom. The van der Waals surface area contributed by atoms with Crippen LogP contribution in [0.2, 0.25) is 0 Å². The van der Waals surface area contributed by atoms with Gasteiger partial charge in [-0.05, 0) is 60.1 Å². The van der Waals surface area contributed by atoms with Gasteiger partial charge in [0.1, 0.15) is 10.8 Å². The predicted molar refractivity (Wildman–Crippen MR) is 89.2 cm³/mol. The second-order valence-corrected chi connectivity index (χ2v) is 6.72. The predicted octanol–water partition coefficient (Wildman–Crippen LogP) is 5.20. The third-order valence-electron chi connectivity index (χ3n) is 3.06. The van der Waals surface area contributed by atoms with Crippen molar-refractivity contribution in [2.24, 2.45) is 0 Å². The fourth-order valence-electron chi connectivity index (χ4n) is 2.02. The molecule has 0 saturated carbocycles. The summed E-state index contributed by atoms with van der Waals surface area (Å²) in [4.78, 5) is 5.24. The Balaban J connectivity index is 2.26. The van der Waals surface area contributed by atoms with E-state index in [4.69, 9.17) is 0 Å². The lowest BCUT2D eigenvalue weighted by molar-refractivity contribution is 0.519.